The molecule has 6 nitrogen and oxygen atoms in total. The van der Waals surface area contributed by atoms with E-state index in [0.717, 1.165) is 42.3 Å². The number of fused-ring (bicyclic) bond motifs is 1. The molecule has 1 aliphatic carbocycles. The zero-order chi connectivity index (χ0) is 17.4. The molecule has 0 saturated heterocycles. The topological polar surface area (TPSA) is 79.9 Å². The molecule has 6 heteroatoms. The summed E-state index contributed by atoms with van der Waals surface area (Å²) >= 11 is 0. The van der Waals surface area contributed by atoms with Crippen LogP contribution in [0.25, 0.3) is 0 Å². The molecule has 0 bridgehead atoms. The summed E-state index contributed by atoms with van der Waals surface area (Å²) in [7, 11) is 0. The van der Waals surface area contributed by atoms with E-state index in [1.807, 2.05) is 31.2 Å². The van der Waals surface area contributed by atoms with Crippen LogP contribution in [-0.2, 0) is 0 Å². The Labute approximate surface area is 145 Å². The average molecular weight is 336 g/mol. The highest BCUT2D eigenvalue weighted by molar-refractivity contribution is 5.70. The molecule has 2 aliphatic rings. The van der Waals surface area contributed by atoms with Crippen molar-refractivity contribution in [2.75, 3.05) is 5.32 Å². The monoisotopic (exact) mass is 336 g/mol. The number of nitrogens with one attached hydrogen (secondary N) is 1. The van der Waals surface area contributed by atoms with Gasteiger partial charge in [-0.2, -0.15) is 0 Å². The highest BCUT2D eigenvalue weighted by Gasteiger charge is 2.34. The van der Waals surface area contributed by atoms with E-state index in [2.05, 4.69) is 5.32 Å². The van der Waals surface area contributed by atoms with Gasteiger partial charge in [-0.25, -0.2) is 0 Å². The van der Waals surface area contributed by atoms with Crippen LogP contribution in [0.15, 0.2) is 46.4 Å². The quantitative estimate of drug-likeness (QED) is 0.687. The molecule has 0 atom stereocenters. The van der Waals surface area contributed by atoms with E-state index in [4.69, 9.17) is 9.98 Å². The van der Waals surface area contributed by atoms with E-state index in [9.17, 15) is 10.1 Å². The van der Waals surface area contributed by atoms with Crippen LogP contribution >= 0.6 is 0 Å². The fourth-order valence-electron chi connectivity index (χ4n) is 3.70. The molecule has 128 valence electrons. The van der Waals surface area contributed by atoms with Crippen LogP contribution in [0, 0.1) is 17.0 Å². The van der Waals surface area contributed by atoms with Crippen LogP contribution in [0.4, 0.5) is 17.1 Å². The van der Waals surface area contributed by atoms with Crippen LogP contribution in [-0.4, -0.2) is 10.6 Å². The van der Waals surface area contributed by atoms with Crippen LogP contribution in [0.2, 0.25) is 0 Å². The lowest BCUT2D eigenvalue weighted by molar-refractivity contribution is -0.384. The molecular formula is C19H20N4O2. The average Bonchev–Trinajstić information content (AvgIpc) is 2.95. The summed E-state index contributed by atoms with van der Waals surface area (Å²) in [4.78, 5) is 20.9. The number of hydrogen-bond acceptors (Lipinski definition) is 5. The normalized spacial score (nSPS) is 17.5. The SMILES string of the molecule is Cc1ccccc1Nc1c([N+](=O)[O-])ccc2c1=NC1(CCCCC1)N=2. The molecular weight excluding hydrogens is 316 g/mol. The van der Waals surface area contributed by atoms with Crippen molar-refractivity contribution in [1.29, 1.82) is 0 Å². The standard InChI is InChI=1S/C19H20N4O2/c1-13-7-3-4-8-14(13)20-18-16(23(24)25)10-9-15-17(18)22-19(21-15)11-5-2-6-12-19/h3-4,7-10,20H,2,5-6,11-12H2,1H3. The molecule has 0 amide bonds. The van der Waals surface area contributed by atoms with E-state index in [0.29, 0.717) is 11.0 Å². The smallest absolute Gasteiger partial charge is 0.295 e. The van der Waals surface area contributed by atoms with Gasteiger partial charge in [0.25, 0.3) is 5.69 Å². The first kappa shape index (κ1) is 15.7. The third kappa shape index (κ3) is 2.77. The number of nitrogens with zero attached hydrogens (tertiary/aromatic N) is 3. The Morgan fingerprint density at radius 3 is 2.56 bits per heavy atom. The molecule has 1 aliphatic heterocycles. The van der Waals surface area contributed by atoms with Gasteiger partial charge in [-0.05, 0) is 50.3 Å². The highest BCUT2D eigenvalue weighted by atomic mass is 16.6. The molecule has 0 unspecified atom stereocenters. The summed E-state index contributed by atoms with van der Waals surface area (Å²) in [6.45, 7) is 1.97. The zero-order valence-electron chi connectivity index (χ0n) is 14.2. The van der Waals surface area contributed by atoms with Crippen LogP contribution in [0.3, 0.4) is 0 Å². The van der Waals surface area contributed by atoms with E-state index in [1.54, 1.807) is 6.07 Å². The maximum absolute atomic E-state index is 11.6. The molecule has 1 saturated carbocycles. The largest absolute Gasteiger partial charge is 0.348 e. The Kier molecular flexibility index (Phi) is 3.75. The van der Waals surface area contributed by atoms with E-state index in [-0.39, 0.29) is 10.6 Å². The third-order valence-electron chi connectivity index (χ3n) is 5.04. The van der Waals surface area contributed by atoms with E-state index >= 15 is 0 Å². The van der Waals surface area contributed by atoms with Crippen molar-refractivity contribution >= 4 is 17.1 Å². The fraction of sp³-hybridized carbons (Fsp3) is 0.368. The molecule has 25 heavy (non-hydrogen) atoms. The zero-order valence-corrected chi connectivity index (χ0v) is 14.2. The molecule has 1 heterocycles. The van der Waals surface area contributed by atoms with Gasteiger partial charge < -0.3 is 5.32 Å². The van der Waals surface area contributed by atoms with Gasteiger partial charge in [-0.15, -0.1) is 0 Å². The number of anilines is 2. The summed E-state index contributed by atoms with van der Waals surface area (Å²) in [5, 5.41) is 16.2. The lowest BCUT2D eigenvalue weighted by Crippen LogP contribution is -2.26. The third-order valence-corrected chi connectivity index (χ3v) is 5.04. The molecule has 2 aromatic carbocycles. The van der Waals surface area contributed by atoms with E-state index < -0.39 is 5.66 Å². The summed E-state index contributed by atoms with van der Waals surface area (Å²) in [5.41, 5.74) is 1.94. The maximum Gasteiger partial charge on any atom is 0.295 e. The first-order chi connectivity index (χ1) is 12.1. The summed E-state index contributed by atoms with van der Waals surface area (Å²) in [5.74, 6) is 0. The van der Waals surface area contributed by atoms with Crippen molar-refractivity contribution in [3.05, 3.63) is 62.8 Å². The van der Waals surface area contributed by atoms with Crippen LogP contribution in [0.5, 0.6) is 0 Å². The Balaban J connectivity index is 1.88. The van der Waals surface area contributed by atoms with Gasteiger partial charge in [-0.1, -0.05) is 24.6 Å². The summed E-state index contributed by atoms with van der Waals surface area (Å²) in [6, 6.07) is 11.0. The predicted octanol–water partition coefficient (Wildman–Crippen LogP) is 3.56. The Morgan fingerprint density at radius 1 is 1.08 bits per heavy atom. The Bertz CT molecular complexity index is 962. The van der Waals surface area contributed by atoms with Crippen molar-refractivity contribution in [2.45, 2.75) is 44.7 Å². The summed E-state index contributed by atoms with van der Waals surface area (Å²) < 4.78 is 0. The van der Waals surface area contributed by atoms with Crippen molar-refractivity contribution in [3.63, 3.8) is 0 Å². The van der Waals surface area contributed by atoms with Gasteiger partial charge in [0, 0.05) is 11.8 Å². The molecule has 0 aromatic heterocycles. The van der Waals surface area contributed by atoms with Crippen molar-refractivity contribution in [3.8, 4) is 0 Å². The van der Waals surface area contributed by atoms with Crippen LogP contribution in [0.1, 0.15) is 37.7 Å². The van der Waals surface area contributed by atoms with E-state index in [1.165, 1.54) is 12.5 Å². The van der Waals surface area contributed by atoms with Gasteiger partial charge in [-0.3, -0.25) is 20.1 Å². The minimum atomic E-state index is -0.419. The molecule has 0 radical (unpaired) electrons. The first-order valence-corrected chi connectivity index (χ1v) is 8.68. The number of nitro groups is 1. The summed E-state index contributed by atoms with van der Waals surface area (Å²) in [6.07, 6.45) is 5.24. The fourth-order valence-corrected chi connectivity index (χ4v) is 3.70. The minimum Gasteiger partial charge on any atom is -0.348 e. The molecule has 4 rings (SSSR count). The number of aryl methyl sites for hydroxylation is 1. The highest BCUT2D eigenvalue weighted by Crippen LogP contribution is 2.34. The van der Waals surface area contributed by atoms with Gasteiger partial charge >= 0.3 is 0 Å². The maximum atomic E-state index is 11.6. The number of para-hydroxylation sites is 1. The molecule has 1 fully saturated rings. The van der Waals surface area contributed by atoms with Gasteiger partial charge in [0.05, 0.1) is 10.3 Å². The lowest BCUT2D eigenvalue weighted by atomic mass is 9.90. The first-order valence-electron chi connectivity index (χ1n) is 8.68. The number of nitro benzene ring substituents is 1. The van der Waals surface area contributed by atoms with Gasteiger partial charge in [0.1, 0.15) is 11.0 Å². The molecule has 2 aromatic rings. The van der Waals surface area contributed by atoms with Crippen LogP contribution < -0.4 is 16.0 Å². The predicted molar refractivity (Wildman–Crippen MR) is 95.7 cm³/mol. The number of benzene rings is 2. The number of hydrogen-bond donors (Lipinski definition) is 1. The second-order valence-corrected chi connectivity index (χ2v) is 6.79. The van der Waals surface area contributed by atoms with Gasteiger partial charge in [0.15, 0.2) is 5.66 Å². The lowest BCUT2D eigenvalue weighted by Gasteiger charge is -2.27. The van der Waals surface area contributed by atoms with Crippen molar-refractivity contribution in [2.24, 2.45) is 9.98 Å². The molecule has 1 spiro atoms. The molecule has 1 N–H and O–H groups in total. The second-order valence-electron chi connectivity index (χ2n) is 6.79. The van der Waals surface area contributed by atoms with Crippen molar-refractivity contribution in [1.82, 2.24) is 0 Å². The van der Waals surface area contributed by atoms with Gasteiger partial charge in [0.2, 0.25) is 0 Å². The Hall–Kier alpha value is -2.76. The number of rotatable bonds is 3. The van der Waals surface area contributed by atoms with Crippen molar-refractivity contribution < 1.29 is 4.92 Å². The Morgan fingerprint density at radius 2 is 1.84 bits per heavy atom. The minimum absolute atomic E-state index is 0.0359. The second kappa shape index (κ2) is 5.95.